The van der Waals surface area contributed by atoms with E-state index in [9.17, 15) is 4.79 Å². The van der Waals surface area contributed by atoms with E-state index < -0.39 is 6.04 Å². The summed E-state index contributed by atoms with van der Waals surface area (Å²) in [4.78, 5) is 12.0. The first-order valence-corrected chi connectivity index (χ1v) is 6.98. The average molecular weight is 271 g/mol. The molecule has 0 heterocycles. The van der Waals surface area contributed by atoms with Gasteiger partial charge in [0.1, 0.15) is 6.04 Å². The fourth-order valence-electron chi connectivity index (χ4n) is 2.21. The molecule has 2 aromatic carbocycles. The Morgan fingerprint density at radius 2 is 1.90 bits per heavy atom. The van der Waals surface area contributed by atoms with Crippen molar-refractivity contribution in [3.05, 3.63) is 48.0 Å². The second-order valence-corrected chi connectivity index (χ2v) is 5.04. The summed E-state index contributed by atoms with van der Waals surface area (Å²) in [5.41, 5.74) is 0.941. The summed E-state index contributed by atoms with van der Waals surface area (Å²) in [6.07, 6.45) is 0.959. The van der Waals surface area contributed by atoms with Gasteiger partial charge in [-0.15, -0.1) is 0 Å². The third-order valence-electron chi connectivity index (χ3n) is 3.61. The van der Waals surface area contributed by atoms with Gasteiger partial charge in [0.15, 0.2) is 0 Å². The van der Waals surface area contributed by atoms with Crippen LogP contribution in [0.4, 0.5) is 0 Å². The predicted octanol–water partition coefficient (Wildman–Crippen LogP) is 3.44. The molecule has 0 amide bonds. The molecule has 0 aliphatic heterocycles. The zero-order valence-corrected chi connectivity index (χ0v) is 12.2. The molecular weight excluding hydrogens is 250 g/mol. The summed E-state index contributed by atoms with van der Waals surface area (Å²) in [5.74, 6) is -0.249. The number of benzene rings is 2. The lowest BCUT2D eigenvalue weighted by Crippen LogP contribution is -2.35. The van der Waals surface area contributed by atoms with Gasteiger partial charge in [-0.05, 0) is 35.7 Å². The molecule has 106 valence electrons. The molecule has 0 saturated heterocycles. The van der Waals surface area contributed by atoms with Gasteiger partial charge < -0.3 is 4.74 Å². The van der Waals surface area contributed by atoms with Crippen molar-refractivity contribution in [1.82, 2.24) is 5.32 Å². The Kier molecular flexibility index (Phi) is 4.74. The van der Waals surface area contributed by atoms with Gasteiger partial charge in [-0.3, -0.25) is 5.32 Å². The van der Waals surface area contributed by atoms with Crippen LogP contribution in [-0.4, -0.2) is 19.1 Å². The number of nitrogens with one attached hydrogen (secondary N) is 1. The Balaban J connectivity index is 2.37. The minimum Gasteiger partial charge on any atom is -0.468 e. The Bertz CT molecular complexity index is 594. The first kappa shape index (κ1) is 14.5. The molecule has 0 radical (unpaired) electrons. The first-order valence-electron chi connectivity index (χ1n) is 6.98. The van der Waals surface area contributed by atoms with Crippen LogP contribution in [0.3, 0.4) is 0 Å². The smallest absolute Gasteiger partial charge is 0.327 e. The number of ether oxygens (including phenoxy) is 1. The van der Waals surface area contributed by atoms with Gasteiger partial charge in [-0.2, -0.15) is 0 Å². The van der Waals surface area contributed by atoms with E-state index in [4.69, 9.17) is 4.74 Å². The van der Waals surface area contributed by atoms with E-state index in [2.05, 4.69) is 31.3 Å². The molecule has 0 bridgehead atoms. The molecule has 2 aromatic rings. The van der Waals surface area contributed by atoms with Crippen LogP contribution >= 0.6 is 0 Å². The van der Waals surface area contributed by atoms with Crippen LogP contribution in [0.5, 0.6) is 0 Å². The Morgan fingerprint density at radius 1 is 1.20 bits per heavy atom. The quantitative estimate of drug-likeness (QED) is 0.847. The molecule has 0 fully saturated rings. The van der Waals surface area contributed by atoms with E-state index in [-0.39, 0.29) is 12.0 Å². The molecule has 3 heteroatoms. The molecule has 2 atom stereocenters. The van der Waals surface area contributed by atoms with Gasteiger partial charge >= 0.3 is 5.97 Å². The molecule has 2 unspecified atom stereocenters. The summed E-state index contributed by atoms with van der Waals surface area (Å²) in [6, 6.07) is 14.0. The monoisotopic (exact) mass is 271 g/mol. The standard InChI is InChI=1S/C17H21NO2/c1-4-12(2)18-16(17(19)20-3)15-10-9-13-7-5-6-8-14(13)11-15/h5-12,16,18H,4H2,1-3H3. The summed E-state index contributed by atoms with van der Waals surface area (Å²) >= 11 is 0. The molecule has 0 spiro atoms. The molecule has 0 aliphatic rings. The van der Waals surface area contributed by atoms with Crippen LogP contribution in [0.15, 0.2) is 42.5 Å². The zero-order chi connectivity index (χ0) is 14.5. The van der Waals surface area contributed by atoms with Crippen molar-refractivity contribution in [2.45, 2.75) is 32.4 Å². The summed E-state index contributed by atoms with van der Waals surface area (Å²) in [5, 5.41) is 5.62. The lowest BCUT2D eigenvalue weighted by Gasteiger charge is -2.21. The largest absolute Gasteiger partial charge is 0.468 e. The minimum atomic E-state index is -0.417. The van der Waals surface area contributed by atoms with Crippen molar-refractivity contribution in [2.24, 2.45) is 0 Å². The number of esters is 1. The highest BCUT2D eigenvalue weighted by Crippen LogP contribution is 2.22. The fraction of sp³-hybridized carbons (Fsp3) is 0.353. The van der Waals surface area contributed by atoms with Crippen molar-refractivity contribution >= 4 is 16.7 Å². The number of methoxy groups -OCH3 is 1. The Hall–Kier alpha value is -1.87. The maximum atomic E-state index is 12.0. The average Bonchev–Trinajstić information content (AvgIpc) is 2.51. The Labute approximate surface area is 119 Å². The number of carbonyl (C=O) groups excluding carboxylic acids is 1. The molecule has 3 nitrogen and oxygen atoms in total. The van der Waals surface area contributed by atoms with Crippen LogP contribution < -0.4 is 5.32 Å². The lowest BCUT2D eigenvalue weighted by atomic mass is 10.0. The lowest BCUT2D eigenvalue weighted by molar-refractivity contribution is -0.143. The number of hydrogen-bond acceptors (Lipinski definition) is 3. The number of rotatable bonds is 5. The van der Waals surface area contributed by atoms with Crippen LogP contribution in [0, 0.1) is 0 Å². The fourth-order valence-corrected chi connectivity index (χ4v) is 2.21. The Morgan fingerprint density at radius 3 is 2.55 bits per heavy atom. The molecule has 0 aromatic heterocycles. The van der Waals surface area contributed by atoms with Gasteiger partial charge in [-0.25, -0.2) is 4.79 Å². The maximum absolute atomic E-state index is 12.0. The predicted molar refractivity (Wildman–Crippen MR) is 81.6 cm³/mol. The van der Waals surface area contributed by atoms with Crippen molar-refractivity contribution in [3.8, 4) is 0 Å². The van der Waals surface area contributed by atoms with Crippen molar-refractivity contribution < 1.29 is 9.53 Å². The van der Waals surface area contributed by atoms with Crippen LogP contribution in [0.25, 0.3) is 10.8 Å². The topological polar surface area (TPSA) is 38.3 Å². The molecule has 1 N–H and O–H groups in total. The highest BCUT2D eigenvalue weighted by atomic mass is 16.5. The van der Waals surface area contributed by atoms with E-state index in [1.54, 1.807) is 0 Å². The molecule has 2 rings (SSSR count). The van der Waals surface area contributed by atoms with Crippen LogP contribution in [0.1, 0.15) is 31.9 Å². The molecule has 20 heavy (non-hydrogen) atoms. The van der Waals surface area contributed by atoms with Gasteiger partial charge in [-0.1, -0.05) is 43.3 Å². The summed E-state index contributed by atoms with van der Waals surface area (Å²) in [6.45, 7) is 4.16. The third-order valence-corrected chi connectivity index (χ3v) is 3.61. The van der Waals surface area contributed by atoms with E-state index in [1.807, 2.05) is 30.3 Å². The van der Waals surface area contributed by atoms with Gasteiger partial charge in [0.05, 0.1) is 7.11 Å². The third kappa shape index (κ3) is 3.17. The van der Waals surface area contributed by atoms with Gasteiger partial charge in [0, 0.05) is 6.04 Å². The first-order chi connectivity index (χ1) is 9.65. The van der Waals surface area contributed by atoms with Crippen LogP contribution in [0.2, 0.25) is 0 Å². The van der Waals surface area contributed by atoms with E-state index in [0.29, 0.717) is 0 Å². The highest BCUT2D eigenvalue weighted by Gasteiger charge is 2.22. The molecular formula is C17H21NO2. The number of carbonyl (C=O) groups is 1. The molecule has 0 saturated carbocycles. The highest BCUT2D eigenvalue weighted by molar-refractivity contribution is 5.85. The van der Waals surface area contributed by atoms with E-state index >= 15 is 0 Å². The van der Waals surface area contributed by atoms with Crippen molar-refractivity contribution in [3.63, 3.8) is 0 Å². The number of hydrogen-bond donors (Lipinski definition) is 1. The van der Waals surface area contributed by atoms with Gasteiger partial charge in [0.25, 0.3) is 0 Å². The van der Waals surface area contributed by atoms with Crippen molar-refractivity contribution in [1.29, 1.82) is 0 Å². The minimum absolute atomic E-state index is 0.249. The maximum Gasteiger partial charge on any atom is 0.327 e. The normalized spacial score (nSPS) is 13.9. The second-order valence-electron chi connectivity index (χ2n) is 5.04. The summed E-state index contributed by atoms with van der Waals surface area (Å²) < 4.78 is 4.92. The zero-order valence-electron chi connectivity index (χ0n) is 12.2. The van der Waals surface area contributed by atoms with Gasteiger partial charge in [0.2, 0.25) is 0 Å². The van der Waals surface area contributed by atoms with E-state index in [0.717, 1.165) is 17.4 Å². The molecule has 0 aliphatic carbocycles. The van der Waals surface area contributed by atoms with E-state index in [1.165, 1.54) is 12.5 Å². The second kappa shape index (κ2) is 6.53. The number of fused-ring (bicyclic) bond motifs is 1. The SMILES string of the molecule is CCC(C)NC(C(=O)OC)c1ccc2ccccc2c1. The van der Waals surface area contributed by atoms with Crippen molar-refractivity contribution in [2.75, 3.05) is 7.11 Å². The van der Waals surface area contributed by atoms with Crippen LogP contribution in [-0.2, 0) is 9.53 Å². The summed E-state index contributed by atoms with van der Waals surface area (Å²) in [7, 11) is 1.43.